The van der Waals surface area contributed by atoms with Crippen LogP contribution < -0.4 is 0 Å². The fourth-order valence-corrected chi connectivity index (χ4v) is 2.79. The Bertz CT molecular complexity index is 844. The van der Waals surface area contributed by atoms with E-state index in [1.54, 1.807) is 24.3 Å². The van der Waals surface area contributed by atoms with Crippen molar-refractivity contribution in [3.05, 3.63) is 71.8 Å². The lowest BCUT2D eigenvalue weighted by Gasteiger charge is -2.41. The van der Waals surface area contributed by atoms with Gasteiger partial charge in [0.1, 0.15) is 12.7 Å². The van der Waals surface area contributed by atoms with Crippen LogP contribution in [0, 0.1) is 0 Å². The second-order valence-corrected chi connectivity index (χ2v) is 6.34. The topological polar surface area (TPSA) is 102 Å². The Morgan fingerprint density at radius 2 is 1.45 bits per heavy atom. The Balaban J connectivity index is 1.76. The van der Waals surface area contributed by atoms with Gasteiger partial charge in [0.05, 0.1) is 11.1 Å². The second kappa shape index (κ2) is 8.64. The van der Waals surface area contributed by atoms with Crippen molar-refractivity contribution in [3.63, 3.8) is 0 Å². The number of ether oxygens (including phenoxy) is 3. The third-order valence-corrected chi connectivity index (χ3v) is 4.33. The van der Waals surface area contributed by atoms with Crippen LogP contribution in [-0.2, 0) is 14.2 Å². The van der Waals surface area contributed by atoms with Crippen molar-refractivity contribution in [2.75, 3.05) is 6.61 Å². The lowest BCUT2D eigenvalue weighted by atomic mass is 9.97. The van der Waals surface area contributed by atoms with Crippen LogP contribution in [0.5, 0.6) is 0 Å². The van der Waals surface area contributed by atoms with Crippen molar-refractivity contribution in [1.29, 1.82) is 0 Å². The maximum Gasteiger partial charge on any atom is 0.338 e. The van der Waals surface area contributed by atoms with Gasteiger partial charge in [-0.3, -0.25) is 0 Å². The predicted molar refractivity (Wildman–Crippen MR) is 94.2 cm³/mol. The van der Waals surface area contributed by atoms with E-state index in [9.17, 15) is 28.6 Å². The third kappa shape index (κ3) is 4.58. The molecule has 3 rings (SSSR count). The van der Waals surface area contributed by atoms with Gasteiger partial charge >= 0.3 is 17.9 Å². The standard InChI is InChI=1S/C20H18F2O7/c21-20(22)15(23)19(26)28-14(11-27-17(24)12-7-3-1-4-8-12)16(20)29-18(25)13-9-5-2-6-10-13/h1-10,14-16,19,23,26H,11H2/t14-,15+,16-,19?/m1/s1. The van der Waals surface area contributed by atoms with Crippen LogP contribution in [0.3, 0.4) is 0 Å². The fourth-order valence-electron chi connectivity index (χ4n) is 2.79. The van der Waals surface area contributed by atoms with Gasteiger partial charge in [0, 0.05) is 0 Å². The normalized spacial score (nSPS) is 25.8. The zero-order valence-electron chi connectivity index (χ0n) is 15.0. The lowest BCUT2D eigenvalue weighted by molar-refractivity contribution is -0.334. The number of carbonyl (C=O) groups excluding carboxylic acids is 2. The number of aliphatic hydroxyl groups excluding tert-OH is 2. The zero-order valence-corrected chi connectivity index (χ0v) is 15.0. The molecule has 1 heterocycles. The molecule has 2 aromatic rings. The Labute approximate surface area is 164 Å². The summed E-state index contributed by atoms with van der Waals surface area (Å²) in [5, 5.41) is 19.2. The minimum Gasteiger partial charge on any atom is -0.459 e. The van der Waals surface area contributed by atoms with Crippen LogP contribution in [0.4, 0.5) is 8.78 Å². The summed E-state index contributed by atoms with van der Waals surface area (Å²) in [5.74, 6) is -5.94. The van der Waals surface area contributed by atoms with E-state index in [4.69, 9.17) is 14.2 Å². The van der Waals surface area contributed by atoms with E-state index in [0.29, 0.717) is 0 Å². The van der Waals surface area contributed by atoms with Crippen molar-refractivity contribution in [3.8, 4) is 0 Å². The SMILES string of the molecule is O=C(OC[C@H]1OC(O)[C@H](O)C(F)(F)[C@@H]1OC(=O)c1ccccc1)c1ccccc1. The number of carbonyl (C=O) groups is 2. The average molecular weight is 408 g/mol. The van der Waals surface area contributed by atoms with Crippen LogP contribution in [0.1, 0.15) is 20.7 Å². The first-order chi connectivity index (χ1) is 13.8. The first-order valence-electron chi connectivity index (χ1n) is 8.68. The molecule has 2 aromatic carbocycles. The van der Waals surface area contributed by atoms with E-state index in [1.807, 2.05) is 0 Å². The lowest BCUT2D eigenvalue weighted by Crippen LogP contribution is -2.64. The van der Waals surface area contributed by atoms with Crippen molar-refractivity contribution in [2.24, 2.45) is 0 Å². The molecule has 0 aliphatic carbocycles. The molecule has 1 aliphatic heterocycles. The minimum atomic E-state index is -4.05. The highest BCUT2D eigenvalue weighted by Crippen LogP contribution is 2.36. The maximum absolute atomic E-state index is 14.6. The number of benzene rings is 2. The number of rotatable bonds is 5. The Morgan fingerprint density at radius 1 is 0.931 bits per heavy atom. The van der Waals surface area contributed by atoms with Gasteiger partial charge in [-0.1, -0.05) is 36.4 Å². The van der Waals surface area contributed by atoms with Crippen LogP contribution in [-0.4, -0.2) is 59.3 Å². The predicted octanol–water partition coefficient (Wildman–Crippen LogP) is 1.78. The molecule has 0 aromatic heterocycles. The monoisotopic (exact) mass is 408 g/mol. The average Bonchev–Trinajstić information content (AvgIpc) is 2.74. The van der Waals surface area contributed by atoms with Crippen LogP contribution in [0.15, 0.2) is 60.7 Å². The molecule has 0 saturated carbocycles. The first kappa shape index (κ1) is 20.8. The summed E-state index contributed by atoms with van der Waals surface area (Å²) in [7, 11) is 0. The highest BCUT2D eigenvalue weighted by Gasteiger charge is 2.60. The van der Waals surface area contributed by atoms with Gasteiger partial charge in [-0.2, -0.15) is 8.78 Å². The Kier molecular flexibility index (Phi) is 6.21. The van der Waals surface area contributed by atoms with E-state index >= 15 is 0 Å². The van der Waals surface area contributed by atoms with Gasteiger partial charge in [-0.25, -0.2) is 9.59 Å². The molecule has 2 N–H and O–H groups in total. The first-order valence-corrected chi connectivity index (χ1v) is 8.68. The molecular formula is C20H18F2O7. The smallest absolute Gasteiger partial charge is 0.338 e. The van der Waals surface area contributed by atoms with Gasteiger partial charge in [0.25, 0.3) is 0 Å². The van der Waals surface area contributed by atoms with E-state index in [-0.39, 0.29) is 11.1 Å². The van der Waals surface area contributed by atoms with E-state index in [1.165, 1.54) is 36.4 Å². The molecule has 0 spiro atoms. The summed E-state index contributed by atoms with van der Waals surface area (Å²) in [5.41, 5.74) is 0.178. The number of aliphatic hydroxyl groups is 2. The molecule has 1 aliphatic rings. The molecular weight excluding hydrogens is 390 g/mol. The molecule has 1 unspecified atom stereocenters. The van der Waals surface area contributed by atoms with Gasteiger partial charge < -0.3 is 24.4 Å². The summed E-state index contributed by atoms with van der Waals surface area (Å²) in [6.07, 6.45) is -8.88. The van der Waals surface area contributed by atoms with Gasteiger partial charge in [-0.05, 0) is 24.3 Å². The molecule has 0 bridgehead atoms. The quantitative estimate of drug-likeness (QED) is 0.727. The zero-order chi connectivity index (χ0) is 21.0. The van der Waals surface area contributed by atoms with Crippen molar-refractivity contribution in [1.82, 2.24) is 0 Å². The fraction of sp³-hybridized carbons (Fsp3) is 0.300. The van der Waals surface area contributed by atoms with Gasteiger partial charge in [0.2, 0.25) is 0 Å². The summed E-state index contributed by atoms with van der Waals surface area (Å²) < 4.78 is 44.0. The molecule has 29 heavy (non-hydrogen) atoms. The molecule has 0 radical (unpaired) electrons. The highest BCUT2D eigenvalue weighted by molar-refractivity contribution is 5.90. The molecule has 1 saturated heterocycles. The highest BCUT2D eigenvalue weighted by atomic mass is 19.3. The summed E-state index contributed by atoms with van der Waals surface area (Å²) in [6.45, 7) is -0.736. The number of halogens is 2. The van der Waals surface area contributed by atoms with Crippen LogP contribution in [0.25, 0.3) is 0 Å². The third-order valence-electron chi connectivity index (χ3n) is 4.33. The van der Waals surface area contributed by atoms with Crippen LogP contribution >= 0.6 is 0 Å². The van der Waals surface area contributed by atoms with E-state index in [0.717, 1.165) is 0 Å². The number of hydrogen-bond acceptors (Lipinski definition) is 7. The summed E-state index contributed by atoms with van der Waals surface area (Å²) in [6, 6.07) is 15.2. The molecule has 7 nitrogen and oxygen atoms in total. The summed E-state index contributed by atoms with van der Waals surface area (Å²) in [4.78, 5) is 24.3. The molecule has 0 amide bonds. The largest absolute Gasteiger partial charge is 0.459 e. The number of esters is 2. The molecule has 154 valence electrons. The number of alkyl halides is 2. The molecule has 9 heteroatoms. The molecule has 1 fully saturated rings. The van der Waals surface area contributed by atoms with Crippen molar-refractivity contribution >= 4 is 11.9 Å². The molecule has 4 atom stereocenters. The summed E-state index contributed by atoms with van der Waals surface area (Å²) >= 11 is 0. The maximum atomic E-state index is 14.6. The minimum absolute atomic E-state index is 0.00365. The Morgan fingerprint density at radius 3 is 2.00 bits per heavy atom. The number of hydrogen-bond donors (Lipinski definition) is 2. The van der Waals surface area contributed by atoms with E-state index < -0.39 is 49.1 Å². The van der Waals surface area contributed by atoms with Crippen LogP contribution in [0.2, 0.25) is 0 Å². The van der Waals surface area contributed by atoms with E-state index in [2.05, 4.69) is 0 Å². The Hall–Kier alpha value is -2.88. The van der Waals surface area contributed by atoms with Gasteiger partial charge in [0.15, 0.2) is 18.5 Å². The van der Waals surface area contributed by atoms with Gasteiger partial charge in [-0.15, -0.1) is 0 Å². The van der Waals surface area contributed by atoms with Crippen molar-refractivity contribution in [2.45, 2.75) is 30.5 Å². The second-order valence-electron chi connectivity index (χ2n) is 6.34. The van der Waals surface area contributed by atoms with Crippen molar-refractivity contribution < 1.29 is 42.8 Å².